The van der Waals surface area contributed by atoms with E-state index in [4.69, 9.17) is 0 Å². The van der Waals surface area contributed by atoms with Gasteiger partial charge in [0.2, 0.25) is 11.8 Å². The quantitative estimate of drug-likeness (QED) is 0.480. The molecule has 3 aromatic carbocycles. The van der Waals surface area contributed by atoms with E-state index >= 15 is 0 Å². The summed E-state index contributed by atoms with van der Waals surface area (Å²) < 4.78 is 0. The number of benzene rings is 3. The van der Waals surface area contributed by atoms with Crippen LogP contribution < -0.4 is 10.6 Å². The molecule has 176 valence electrons. The Hall–Kier alpha value is -3.44. The highest BCUT2D eigenvalue weighted by Gasteiger charge is 2.30. The van der Waals surface area contributed by atoms with Gasteiger partial charge in [0, 0.05) is 12.5 Å². The fourth-order valence-electron chi connectivity index (χ4n) is 4.62. The largest absolute Gasteiger partial charge is 0.393 e. The zero-order chi connectivity index (χ0) is 23.8. The highest BCUT2D eigenvalue weighted by molar-refractivity contribution is 5.92. The SMILES string of the molecule is O=C(NC1CCC(O)CC1)C(Cc1ccccc1)NC(=O)C(c1ccccc1)c1ccccc1. The van der Waals surface area contributed by atoms with Gasteiger partial charge in [0.1, 0.15) is 6.04 Å². The van der Waals surface area contributed by atoms with E-state index in [0.717, 1.165) is 29.5 Å². The molecule has 5 heteroatoms. The van der Waals surface area contributed by atoms with Crippen molar-refractivity contribution < 1.29 is 14.7 Å². The topological polar surface area (TPSA) is 78.4 Å². The second kappa shape index (κ2) is 11.6. The van der Waals surface area contributed by atoms with Crippen molar-refractivity contribution in [3.05, 3.63) is 108 Å². The van der Waals surface area contributed by atoms with Crippen LogP contribution in [0.3, 0.4) is 0 Å². The molecule has 0 saturated heterocycles. The molecule has 0 radical (unpaired) electrons. The molecule has 1 aliphatic rings. The van der Waals surface area contributed by atoms with E-state index in [2.05, 4.69) is 10.6 Å². The van der Waals surface area contributed by atoms with Crippen molar-refractivity contribution in [1.29, 1.82) is 0 Å². The number of hydrogen-bond acceptors (Lipinski definition) is 3. The maximum atomic E-state index is 13.7. The number of amides is 2. The van der Waals surface area contributed by atoms with Crippen LogP contribution in [0.25, 0.3) is 0 Å². The van der Waals surface area contributed by atoms with Gasteiger partial charge in [-0.05, 0) is 42.4 Å². The van der Waals surface area contributed by atoms with Gasteiger partial charge in [-0.25, -0.2) is 0 Å². The molecule has 0 heterocycles. The molecule has 34 heavy (non-hydrogen) atoms. The molecule has 1 unspecified atom stereocenters. The van der Waals surface area contributed by atoms with Crippen molar-refractivity contribution in [2.75, 3.05) is 0 Å². The average Bonchev–Trinajstić information content (AvgIpc) is 2.87. The fraction of sp³-hybridized carbons (Fsp3) is 0.310. The Balaban J connectivity index is 1.56. The molecule has 1 fully saturated rings. The van der Waals surface area contributed by atoms with E-state index in [-0.39, 0.29) is 24.0 Å². The molecule has 0 aromatic heterocycles. The number of rotatable bonds is 8. The van der Waals surface area contributed by atoms with E-state index in [1.165, 1.54) is 0 Å². The highest BCUT2D eigenvalue weighted by atomic mass is 16.3. The second-order valence-corrected chi connectivity index (χ2v) is 9.02. The van der Waals surface area contributed by atoms with Gasteiger partial charge in [-0.2, -0.15) is 0 Å². The Labute approximate surface area is 201 Å². The molecule has 1 aliphatic carbocycles. The average molecular weight is 457 g/mol. The molecule has 4 rings (SSSR count). The first-order valence-corrected chi connectivity index (χ1v) is 12.0. The lowest BCUT2D eigenvalue weighted by Crippen LogP contribution is -2.52. The van der Waals surface area contributed by atoms with Gasteiger partial charge in [-0.3, -0.25) is 9.59 Å². The first kappa shape index (κ1) is 23.7. The Morgan fingerprint density at radius 2 is 1.24 bits per heavy atom. The van der Waals surface area contributed by atoms with Crippen LogP contribution in [0.5, 0.6) is 0 Å². The van der Waals surface area contributed by atoms with Crippen LogP contribution in [0.1, 0.15) is 48.3 Å². The molecular weight excluding hydrogens is 424 g/mol. The van der Waals surface area contributed by atoms with Crippen LogP contribution in [0, 0.1) is 0 Å². The van der Waals surface area contributed by atoms with Gasteiger partial charge in [0.05, 0.1) is 12.0 Å². The molecule has 5 nitrogen and oxygen atoms in total. The second-order valence-electron chi connectivity index (χ2n) is 9.02. The van der Waals surface area contributed by atoms with Crippen LogP contribution in [0.15, 0.2) is 91.0 Å². The zero-order valence-electron chi connectivity index (χ0n) is 19.3. The predicted octanol–water partition coefficient (Wildman–Crippen LogP) is 3.97. The third-order valence-electron chi connectivity index (χ3n) is 6.49. The smallest absolute Gasteiger partial charge is 0.243 e. The van der Waals surface area contributed by atoms with E-state index < -0.39 is 12.0 Å². The molecule has 1 atom stereocenters. The first-order chi connectivity index (χ1) is 16.6. The fourth-order valence-corrected chi connectivity index (χ4v) is 4.62. The Bertz CT molecular complexity index is 1010. The normalized spacial score (nSPS) is 18.8. The molecule has 3 N–H and O–H groups in total. The van der Waals surface area contributed by atoms with Crippen molar-refractivity contribution in [1.82, 2.24) is 10.6 Å². The summed E-state index contributed by atoms with van der Waals surface area (Å²) in [6.07, 6.45) is 2.98. The Kier molecular flexibility index (Phi) is 8.10. The van der Waals surface area contributed by atoms with Crippen LogP contribution in [-0.4, -0.2) is 35.1 Å². The summed E-state index contributed by atoms with van der Waals surface area (Å²) in [6, 6.07) is 28.4. The summed E-state index contributed by atoms with van der Waals surface area (Å²) in [5.74, 6) is -0.899. The molecule has 3 aromatic rings. The van der Waals surface area contributed by atoms with Crippen LogP contribution in [0.4, 0.5) is 0 Å². The van der Waals surface area contributed by atoms with Gasteiger partial charge in [0.25, 0.3) is 0 Å². The van der Waals surface area contributed by atoms with E-state index in [9.17, 15) is 14.7 Å². The number of hydrogen-bond donors (Lipinski definition) is 3. The summed E-state index contributed by atoms with van der Waals surface area (Å²) >= 11 is 0. The van der Waals surface area contributed by atoms with Gasteiger partial charge >= 0.3 is 0 Å². The highest BCUT2D eigenvalue weighted by Crippen LogP contribution is 2.25. The number of aliphatic hydroxyl groups is 1. The molecule has 0 aliphatic heterocycles. The van der Waals surface area contributed by atoms with Gasteiger partial charge < -0.3 is 15.7 Å². The van der Waals surface area contributed by atoms with Gasteiger partial charge in [0.15, 0.2) is 0 Å². The van der Waals surface area contributed by atoms with Crippen molar-refractivity contribution in [3.8, 4) is 0 Å². The number of carbonyl (C=O) groups excluding carboxylic acids is 2. The van der Waals surface area contributed by atoms with Crippen molar-refractivity contribution >= 4 is 11.8 Å². The van der Waals surface area contributed by atoms with Crippen LogP contribution in [0.2, 0.25) is 0 Å². The monoisotopic (exact) mass is 456 g/mol. The summed E-state index contributed by atoms with van der Waals surface area (Å²) in [4.78, 5) is 27.0. The van der Waals surface area contributed by atoms with Crippen molar-refractivity contribution in [3.63, 3.8) is 0 Å². The minimum absolute atomic E-state index is 0.0186. The van der Waals surface area contributed by atoms with Crippen LogP contribution in [-0.2, 0) is 16.0 Å². The minimum Gasteiger partial charge on any atom is -0.393 e. The molecule has 1 saturated carbocycles. The lowest BCUT2D eigenvalue weighted by atomic mass is 9.90. The first-order valence-electron chi connectivity index (χ1n) is 12.0. The molecular formula is C29H32N2O3. The summed E-state index contributed by atoms with van der Waals surface area (Å²) in [6.45, 7) is 0. The lowest BCUT2D eigenvalue weighted by molar-refractivity contribution is -0.129. The van der Waals surface area contributed by atoms with Crippen molar-refractivity contribution in [2.24, 2.45) is 0 Å². The van der Waals surface area contributed by atoms with Gasteiger partial charge in [-0.1, -0.05) is 91.0 Å². The maximum absolute atomic E-state index is 13.7. The summed E-state index contributed by atoms with van der Waals surface area (Å²) in [5, 5.41) is 16.0. The minimum atomic E-state index is -0.698. The Morgan fingerprint density at radius 1 is 0.735 bits per heavy atom. The lowest BCUT2D eigenvalue weighted by Gasteiger charge is -2.29. The maximum Gasteiger partial charge on any atom is 0.243 e. The summed E-state index contributed by atoms with van der Waals surface area (Å²) in [5.41, 5.74) is 2.75. The van der Waals surface area contributed by atoms with E-state index in [1.807, 2.05) is 91.0 Å². The van der Waals surface area contributed by atoms with E-state index in [0.29, 0.717) is 19.3 Å². The summed E-state index contributed by atoms with van der Waals surface area (Å²) in [7, 11) is 0. The zero-order valence-corrected chi connectivity index (χ0v) is 19.3. The van der Waals surface area contributed by atoms with Crippen LogP contribution >= 0.6 is 0 Å². The standard InChI is InChI=1S/C29H32N2O3/c32-25-18-16-24(17-19-25)30-28(33)26(20-21-10-4-1-5-11-21)31-29(34)27(22-12-6-2-7-13-22)23-14-8-3-9-15-23/h1-15,24-27,32H,16-20H2,(H,30,33)(H,31,34). The molecule has 2 amide bonds. The molecule has 0 spiro atoms. The number of nitrogens with one attached hydrogen (secondary N) is 2. The number of carbonyl (C=O) groups is 2. The van der Waals surface area contributed by atoms with E-state index in [1.54, 1.807) is 0 Å². The van der Waals surface area contributed by atoms with Gasteiger partial charge in [-0.15, -0.1) is 0 Å². The third-order valence-corrected chi connectivity index (χ3v) is 6.49. The molecule has 0 bridgehead atoms. The predicted molar refractivity (Wildman–Crippen MR) is 133 cm³/mol. The number of aliphatic hydroxyl groups excluding tert-OH is 1. The third kappa shape index (κ3) is 6.33. The Morgan fingerprint density at radius 3 is 1.76 bits per heavy atom. The van der Waals surface area contributed by atoms with Crippen molar-refractivity contribution in [2.45, 2.75) is 56.2 Å².